The quantitative estimate of drug-likeness (QED) is 0.298. The predicted molar refractivity (Wildman–Crippen MR) is 119 cm³/mol. The first-order valence-electron chi connectivity index (χ1n) is 11.3. The van der Waals surface area contributed by atoms with E-state index < -0.39 is 0 Å². The molecule has 0 unspecified atom stereocenters. The van der Waals surface area contributed by atoms with Crippen LogP contribution < -0.4 is 15.6 Å². The van der Waals surface area contributed by atoms with Gasteiger partial charge in [-0.3, -0.25) is 20.4 Å². The van der Waals surface area contributed by atoms with Crippen molar-refractivity contribution in [2.75, 3.05) is 6.61 Å². The standard InChI is InChI=1S/C24H40N2O3/c1-4-5-6-7-8-9-10-11-12-13-14-15-23(27)25-26-24(28)19-29-22-17-16-20(2)18-21(22)3/h16-18H,4-15,19H2,1-3H3,(H,25,27)(H,26,28). The number of nitrogens with one attached hydrogen (secondary N) is 2. The number of hydrogen-bond donors (Lipinski definition) is 2. The summed E-state index contributed by atoms with van der Waals surface area (Å²) in [5.74, 6) is 0.163. The van der Waals surface area contributed by atoms with Crippen LogP contribution in [0.2, 0.25) is 0 Å². The molecule has 0 saturated heterocycles. The number of carbonyl (C=O) groups is 2. The van der Waals surface area contributed by atoms with Gasteiger partial charge in [0.15, 0.2) is 6.61 Å². The second-order valence-corrected chi connectivity index (χ2v) is 7.94. The zero-order chi connectivity index (χ0) is 21.3. The van der Waals surface area contributed by atoms with Crippen LogP contribution in [-0.2, 0) is 9.59 Å². The summed E-state index contributed by atoms with van der Waals surface area (Å²) in [6, 6.07) is 5.79. The van der Waals surface area contributed by atoms with E-state index in [4.69, 9.17) is 4.74 Å². The van der Waals surface area contributed by atoms with Crippen LogP contribution in [0.4, 0.5) is 0 Å². The van der Waals surface area contributed by atoms with Gasteiger partial charge in [-0.25, -0.2) is 0 Å². The zero-order valence-electron chi connectivity index (χ0n) is 18.6. The lowest BCUT2D eigenvalue weighted by Crippen LogP contribution is -2.43. The third-order valence-corrected chi connectivity index (χ3v) is 5.04. The molecule has 0 aliphatic rings. The third kappa shape index (κ3) is 12.9. The first kappa shape index (κ1) is 25.0. The molecule has 0 bridgehead atoms. The van der Waals surface area contributed by atoms with Crippen LogP contribution in [0.15, 0.2) is 18.2 Å². The topological polar surface area (TPSA) is 67.4 Å². The molecule has 5 heteroatoms. The van der Waals surface area contributed by atoms with Gasteiger partial charge in [-0.1, -0.05) is 88.8 Å². The number of benzene rings is 1. The molecule has 1 rings (SSSR count). The Labute approximate surface area is 177 Å². The number of rotatable bonds is 15. The molecule has 2 N–H and O–H groups in total. The van der Waals surface area contributed by atoms with Crippen molar-refractivity contribution >= 4 is 11.8 Å². The van der Waals surface area contributed by atoms with Crippen molar-refractivity contribution < 1.29 is 14.3 Å². The fraction of sp³-hybridized carbons (Fsp3) is 0.667. The van der Waals surface area contributed by atoms with E-state index in [-0.39, 0.29) is 18.4 Å². The average Bonchev–Trinajstić information content (AvgIpc) is 2.69. The lowest BCUT2D eigenvalue weighted by Gasteiger charge is -2.11. The van der Waals surface area contributed by atoms with Crippen LogP contribution in [0.1, 0.15) is 95.1 Å². The number of aryl methyl sites for hydroxylation is 2. The largest absolute Gasteiger partial charge is 0.483 e. The Morgan fingerprint density at radius 1 is 0.793 bits per heavy atom. The van der Waals surface area contributed by atoms with Crippen LogP contribution in [0.25, 0.3) is 0 Å². The highest BCUT2D eigenvalue weighted by Crippen LogP contribution is 2.18. The van der Waals surface area contributed by atoms with Crippen LogP contribution in [0.3, 0.4) is 0 Å². The van der Waals surface area contributed by atoms with Crippen molar-refractivity contribution in [2.45, 2.75) is 97.8 Å². The van der Waals surface area contributed by atoms with Gasteiger partial charge in [-0.05, 0) is 31.9 Å². The number of unbranched alkanes of at least 4 members (excludes halogenated alkanes) is 10. The van der Waals surface area contributed by atoms with E-state index in [1.165, 1.54) is 57.8 Å². The second-order valence-electron chi connectivity index (χ2n) is 7.94. The molecular weight excluding hydrogens is 364 g/mol. The summed E-state index contributed by atoms with van der Waals surface area (Å²) in [6.07, 6.45) is 14.2. The maximum Gasteiger partial charge on any atom is 0.276 e. The molecule has 5 nitrogen and oxygen atoms in total. The SMILES string of the molecule is CCCCCCCCCCCCCC(=O)NNC(=O)COc1ccc(C)cc1C. The van der Waals surface area contributed by atoms with Gasteiger partial charge in [0, 0.05) is 6.42 Å². The van der Waals surface area contributed by atoms with Crippen molar-refractivity contribution in [1.82, 2.24) is 10.9 Å². The zero-order valence-corrected chi connectivity index (χ0v) is 18.6. The summed E-state index contributed by atoms with van der Waals surface area (Å²) in [7, 11) is 0. The first-order valence-corrected chi connectivity index (χ1v) is 11.3. The highest BCUT2D eigenvalue weighted by atomic mass is 16.5. The molecular formula is C24H40N2O3. The van der Waals surface area contributed by atoms with Crippen LogP contribution in [0, 0.1) is 13.8 Å². The second kappa shape index (κ2) is 15.8. The molecule has 0 fully saturated rings. The third-order valence-electron chi connectivity index (χ3n) is 5.04. The number of ether oxygens (including phenoxy) is 1. The van der Waals surface area contributed by atoms with Crippen molar-refractivity contribution in [3.63, 3.8) is 0 Å². The predicted octanol–water partition coefficient (Wildman–Crippen LogP) is 5.53. The summed E-state index contributed by atoms with van der Waals surface area (Å²) in [5.41, 5.74) is 7.00. The van der Waals surface area contributed by atoms with E-state index in [1.54, 1.807) is 0 Å². The fourth-order valence-corrected chi connectivity index (χ4v) is 3.29. The average molecular weight is 405 g/mol. The Morgan fingerprint density at radius 2 is 1.34 bits per heavy atom. The van der Waals surface area contributed by atoms with Crippen LogP contribution in [-0.4, -0.2) is 18.4 Å². The van der Waals surface area contributed by atoms with Crippen LogP contribution >= 0.6 is 0 Å². The molecule has 164 valence electrons. The summed E-state index contributed by atoms with van der Waals surface area (Å²) < 4.78 is 5.50. The van der Waals surface area contributed by atoms with E-state index in [0.717, 1.165) is 24.0 Å². The summed E-state index contributed by atoms with van der Waals surface area (Å²) in [6.45, 7) is 6.07. The Morgan fingerprint density at radius 3 is 1.93 bits per heavy atom. The Bertz CT molecular complexity index is 602. The van der Waals surface area contributed by atoms with Gasteiger partial charge in [-0.2, -0.15) is 0 Å². The molecule has 29 heavy (non-hydrogen) atoms. The van der Waals surface area contributed by atoms with E-state index >= 15 is 0 Å². The van der Waals surface area contributed by atoms with E-state index in [9.17, 15) is 9.59 Å². The fourth-order valence-electron chi connectivity index (χ4n) is 3.29. The maximum absolute atomic E-state index is 11.8. The molecule has 1 aromatic rings. The van der Waals surface area contributed by atoms with Gasteiger partial charge in [0.25, 0.3) is 5.91 Å². The van der Waals surface area contributed by atoms with Gasteiger partial charge in [0.05, 0.1) is 0 Å². The van der Waals surface area contributed by atoms with Crippen molar-refractivity contribution in [2.24, 2.45) is 0 Å². The van der Waals surface area contributed by atoms with Crippen molar-refractivity contribution in [3.8, 4) is 5.75 Å². The van der Waals surface area contributed by atoms with Gasteiger partial charge >= 0.3 is 0 Å². The molecule has 0 aliphatic heterocycles. The molecule has 2 amide bonds. The highest BCUT2D eigenvalue weighted by molar-refractivity contribution is 5.82. The van der Waals surface area contributed by atoms with Gasteiger partial charge in [-0.15, -0.1) is 0 Å². The summed E-state index contributed by atoms with van der Waals surface area (Å²) in [4.78, 5) is 23.6. The number of hydrazine groups is 1. The molecule has 0 atom stereocenters. The Balaban J connectivity index is 1.97. The number of carbonyl (C=O) groups excluding carboxylic acids is 2. The smallest absolute Gasteiger partial charge is 0.276 e. The first-order chi connectivity index (χ1) is 14.0. The highest BCUT2D eigenvalue weighted by Gasteiger charge is 2.07. The molecule has 1 aromatic carbocycles. The molecule has 0 aromatic heterocycles. The van der Waals surface area contributed by atoms with Crippen molar-refractivity contribution in [3.05, 3.63) is 29.3 Å². The molecule has 0 heterocycles. The lowest BCUT2D eigenvalue weighted by molar-refractivity contribution is -0.130. The molecule has 0 spiro atoms. The minimum Gasteiger partial charge on any atom is -0.483 e. The number of amides is 2. The minimum absolute atomic E-state index is 0.122. The van der Waals surface area contributed by atoms with E-state index in [0.29, 0.717) is 12.2 Å². The van der Waals surface area contributed by atoms with Gasteiger partial charge in [0.1, 0.15) is 5.75 Å². The van der Waals surface area contributed by atoms with E-state index in [1.807, 2.05) is 32.0 Å². The maximum atomic E-state index is 11.8. The summed E-state index contributed by atoms with van der Waals surface area (Å²) in [5, 5.41) is 0. The molecule has 0 saturated carbocycles. The minimum atomic E-state index is -0.364. The molecule has 0 aliphatic carbocycles. The normalized spacial score (nSPS) is 10.6. The monoisotopic (exact) mass is 404 g/mol. The van der Waals surface area contributed by atoms with Gasteiger partial charge < -0.3 is 4.74 Å². The van der Waals surface area contributed by atoms with Gasteiger partial charge in [0.2, 0.25) is 5.91 Å². The summed E-state index contributed by atoms with van der Waals surface area (Å²) >= 11 is 0. The van der Waals surface area contributed by atoms with E-state index in [2.05, 4.69) is 17.8 Å². The Hall–Kier alpha value is -2.04. The van der Waals surface area contributed by atoms with Crippen molar-refractivity contribution in [1.29, 1.82) is 0 Å². The molecule has 0 radical (unpaired) electrons. The number of hydrogen-bond acceptors (Lipinski definition) is 3. The Kier molecular flexibility index (Phi) is 13.6. The van der Waals surface area contributed by atoms with Crippen LogP contribution in [0.5, 0.6) is 5.75 Å². The lowest BCUT2D eigenvalue weighted by atomic mass is 10.1.